The zero-order valence-corrected chi connectivity index (χ0v) is 19.1. The zero-order chi connectivity index (χ0) is 23.1. The first-order chi connectivity index (χ1) is 15.3. The number of para-hydroxylation sites is 3. The lowest BCUT2D eigenvalue weighted by molar-refractivity contribution is -0.116. The number of carbonyl (C=O) groups is 1. The van der Waals surface area contributed by atoms with Crippen LogP contribution in [0.15, 0.2) is 77.7 Å². The predicted octanol–water partition coefficient (Wildman–Crippen LogP) is 4.31. The van der Waals surface area contributed by atoms with Gasteiger partial charge in [0.2, 0.25) is 15.9 Å². The van der Waals surface area contributed by atoms with E-state index in [0.29, 0.717) is 34.9 Å². The molecule has 0 saturated carbocycles. The number of benzene rings is 3. The van der Waals surface area contributed by atoms with Gasteiger partial charge in [-0.05, 0) is 54.4 Å². The van der Waals surface area contributed by atoms with E-state index in [9.17, 15) is 13.2 Å². The van der Waals surface area contributed by atoms with Gasteiger partial charge in [-0.25, -0.2) is 12.7 Å². The summed E-state index contributed by atoms with van der Waals surface area (Å²) in [5, 5.41) is 2.87. The van der Waals surface area contributed by atoms with Crippen LogP contribution in [0.5, 0.6) is 17.2 Å². The minimum absolute atomic E-state index is 0.140. The smallest absolute Gasteiger partial charge is 0.242 e. The molecule has 0 aliphatic heterocycles. The third-order valence-electron chi connectivity index (χ3n) is 4.78. The van der Waals surface area contributed by atoms with Crippen molar-refractivity contribution in [3.05, 3.63) is 78.4 Å². The van der Waals surface area contributed by atoms with Gasteiger partial charge in [-0.3, -0.25) is 4.79 Å². The molecule has 168 valence electrons. The molecule has 0 unspecified atom stereocenters. The summed E-state index contributed by atoms with van der Waals surface area (Å²) in [6.07, 6.45) is 0.453. The quantitative estimate of drug-likeness (QED) is 0.521. The highest BCUT2D eigenvalue weighted by Crippen LogP contribution is 2.30. The Kier molecular flexibility index (Phi) is 7.50. The van der Waals surface area contributed by atoms with Gasteiger partial charge >= 0.3 is 0 Å². The molecule has 0 atom stereocenters. The highest BCUT2D eigenvalue weighted by Gasteiger charge is 2.19. The minimum Gasteiger partial charge on any atom is -0.496 e. The molecule has 3 rings (SSSR count). The van der Waals surface area contributed by atoms with Crippen molar-refractivity contribution in [3.8, 4) is 17.2 Å². The van der Waals surface area contributed by atoms with Crippen molar-refractivity contribution in [1.29, 1.82) is 0 Å². The molecule has 0 spiro atoms. The summed E-state index contributed by atoms with van der Waals surface area (Å²) in [5.74, 6) is 1.50. The molecule has 1 amide bonds. The van der Waals surface area contributed by atoms with Crippen molar-refractivity contribution < 1.29 is 22.7 Å². The van der Waals surface area contributed by atoms with Crippen molar-refractivity contribution in [2.24, 2.45) is 0 Å². The van der Waals surface area contributed by atoms with Gasteiger partial charge in [0, 0.05) is 20.5 Å². The Morgan fingerprint density at radius 2 is 1.62 bits per heavy atom. The molecule has 8 heteroatoms. The van der Waals surface area contributed by atoms with Gasteiger partial charge in [-0.15, -0.1) is 0 Å². The fourth-order valence-electron chi connectivity index (χ4n) is 3.06. The average molecular weight is 455 g/mol. The van der Waals surface area contributed by atoms with Gasteiger partial charge in [0.25, 0.3) is 0 Å². The SMILES string of the molecule is COc1ccc(S(=O)(=O)N(C)C)cc1CCC(=O)Nc1ccccc1Oc1ccccc1. The summed E-state index contributed by atoms with van der Waals surface area (Å²) < 4.78 is 37.3. The predicted molar refractivity (Wildman–Crippen MR) is 124 cm³/mol. The fourth-order valence-corrected chi connectivity index (χ4v) is 4.01. The Morgan fingerprint density at radius 1 is 0.938 bits per heavy atom. The molecule has 0 aromatic heterocycles. The molecule has 3 aromatic rings. The number of hydrogen-bond donors (Lipinski definition) is 1. The highest BCUT2D eigenvalue weighted by molar-refractivity contribution is 7.89. The van der Waals surface area contributed by atoms with Crippen molar-refractivity contribution in [2.45, 2.75) is 17.7 Å². The number of rotatable bonds is 9. The van der Waals surface area contributed by atoms with E-state index >= 15 is 0 Å². The summed E-state index contributed by atoms with van der Waals surface area (Å²) in [6, 6.07) is 21.1. The van der Waals surface area contributed by atoms with Crippen molar-refractivity contribution in [2.75, 3.05) is 26.5 Å². The molecule has 0 bridgehead atoms. The number of methoxy groups -OCH3 is 1. The Labute approximate surface area is 188 Å². The lowest BCUT2D eigenvalue weighted by atomic mass is 10.1. The maximum absolute atomic E-state index is 12.6. The van der Waals surface area contributed by atoms with Crippen LogP contribution in [0, 0.1) is 0 Å². The molecule has 0 radical (unpaired) electrons. The van der Waals surface area contributed by atoms with Crippen LogP contribution >= 0.6 is 0 Å². The van der Waals surface area contributed by atoms with Gasteiger partial charge in [0.05, 0.1) is 17.7 Å². The van der Waals surface area contributed by atoms with E-state index < -0.39 is 10.0 Å². The van der Waals surface area contributed by atoms with E-state index in [2.05, 4.69) is 5.32 Å². The number of anilines is 1. The first kappa shape index (κ1) is 23.3. The van der Waals surface area contributed by atoms with Crippen LogP contribution in [0.25, 0.3) is 0 Å². The number of carbonyl (C=O) groups excluding carboxylic acids is 1. The van der Waals surface area contributed by atoms with Crippen molar-refractivity contribution in [1.82, 2.24) is 4.31 Å². The molecule has 32 heavy (non-hydrogen) atoms. The molecule has 0 aliphatic carbocycles. The van der Waals surface area contributed by atoms with E-state index in [0.717, 1.165) is 4.31 Å². The average Bonchev–Trinajstić information content (AvgIpc) is 2.79. The van der Waals surface area contributed by atoms with E-state index in [4.69, 9.17) is 9.47 Å². The molecule has 0 saturated heterocycles. The Hall–Kier alpha value is -3.36. The second-order valence-corrected chi connectivity index (χ2v) is 9.37. The second kappa shape index (κ2) is 10.3. The Balaban J connectivity index is 1.72. The van der Waals surface area contributed by atoms with Gasteiger partial charge in [0.1, 0.15) is 11.5 Å². The van der Waals surface area contributed by atoms with E-state index in [1.165, 1.54) is 27.3 Å². The largest absolute Gasteiger partial charge is 0.496 e. The van der Waals surface area contributed by atoms with E-state index in [-0.39, 0.29) is 17.2 Å². The highest BCUT2D eigenvalue weighted by atomic mass is 32.2. The Morgan fingerprint density at radius 3 is 2.31 bits per heavy atom. The molecular formula is C24H26N2O5S. The summed E-state index contributed by atoms with van der Waals surface area (Å²) in [7, 11) is 0.872. The first-order valence-electron chi connectivity index (χ1n) is 10.0. The second-order valence-electron chi connectivity index (χ2n) is 7.22. The van der Waals surface area contributed by atoms with Crippen molar-refractivity contribution in [3.63, 3.8) is 0 Å². The maximum Gasteiger partial charge on any atom is 0.242 e. The molecule has 3 aromatic carbocycles. The molecule has 0 heterocycles. The number of amides is 1. The van der Waals surface area contributed by atoms with Gasteiger partial charge < -0.3 is 14.8 Å². The van der Waals surface area contributed by atoms with Crippen LogP contribution in [0.3, 0.4) is 0 Å². The molecule has 0 fully saturated rings. The van der Waals surface area contributed by atoms with Crippen LogP contribution < -0.4 is 14.8 Å². The van der Waals surface area contributed by atoms with Gasteiger partial charge in [-0.2, -0.15) is 0 Å². The zero-order valence-electron chi connectivity index (χ0n) is 18.2. The number of nitrogens with zero attached hydrogens (tertiary/aromatic N) is 1. The molecule has 7 nitrogen and oxygen atoms in total. The fraction of sp³-hybridized carbons (Fsp3) is 0.208. The molecular weight excluding hydrogens is 428 g/mol. The Bertz CT molecular complexity index is 1180. The first-order valence-corrected chi connectivity index (χ1v) is 11.5. The lowest BCUT2D eigenvalue weighted by Gasteiger charge is -2.15. The molecule has 1 N–H and O–H groups in total. The van der Waals surface area contributed by atoms with Gasteiger partial charge in [0.15, 0.2) is 5.75 Å². The number of hydrogen-bond acceptors (Lipinski definition) is 5. The third-order valence-corrected chi connectivity index (χ3v) is 6.60. The number of sulfonamides is 1. The number of nitrogens with one attached hydrogen (secondary N) is 1. The summed E-state index contributed by atoms with van der Waals surface area (Å²) in [5.41, 5.74) is 1.19. The van der Waals surface area contributed by atoms with Crippen LogP contribution in [0.4, 0.5) is 5.69 Å². The summed E-state index contributed by atoms with van der Waals surface area (Å²) in [6.45, 7) is 0. The lowest BCUT2D eigenvalue weighted by Crippen LogP contribution is -2.22. The summed E-state index contributed by atoms with van der Waals surface area (Å²) in [4.78, 5) is 12.8. The van der Waals surface area contributed by atoms with Crippen LogP contribution in [-0.2, 0) is 21.2 Å². The topological polar surface area (TPSA) is 84.9 Å². The standard InChI is InChI=1S/C24H26N2O5S/c1-26(2)32(28,29)20-14-15-22(30-3)18(17-20)13-16-24(27)25-21-11-7-8-12-23(21)31-19-9-5-4-6-10-19/h4-12,14-15,17H,13,16H2,1-3H3,(H,25,27). The summed E-state index contributed by atoms with van der Waals surface area (Å²) >= 11 is 0. The van der Waals surface area contributed by atoms with Crippen LogP contribution in [-0.4, -0.2) is 39.8 Å². The van der Waals surface area contributed by atoms with Crippen LogP contribution in [0.2, 0.25) is 0 Å². The maximum atomic E-state index is 12.6. The normalized spacial score (nSPS) is 11.2. The third kappa shape index (κ3) is 5.66. The van der Waals surface area contributed by atoms with E-state index in [1.807, 2.05) is 42.5 Å². The van der Waals surface area contributed by atoms with Gasteiger partial charge in [-0.1, -0.05) is 30.3 Å². The molecule has 0 aliphatic rings. The minimum atomic E-state index is -3.59. The van der Waals surface area contributed by atoms with E-state index in [1.54, 1.807) is 24.3 Å². The van der Waals surface area contributed by atoms with Crippen molar-refractivity contribution >= 4 is 21.6 Å². The van der Waals surface area contributed by atoms with Crippen LogP contribution in [0.1, 0.15) is 12.0 Å². The monoisotopic (exact) mass is 454 g/mol. The number of aryl methyl sites for hydroxylation is 1. The number of ether oxygens (including phenoxy) is 2.